The maximum Gasteiger partial charge on any atom is 0.0809 e. The van der Waals surface area contributed by atoms with Crippen LogP contribution in [0.2, 0.25) is 0 Å². The van der Waals surface area contributed by atoms with Crippen molar-refractivity contribution in [2.75, 3.05) is 0 Å². The third kappa shape index (κ3) is 2.39. The Morgan fingerprint density at radius 1 is 1.21 bits per heavy atom. The van der Waals surface area contributed by atoms with Gasteiger partial charge in [-0.05, 0) is 40.6 Å². The van der Waals surface area contributed by atoms with Crippen LogP contribution in [0.25, 0.3) is 10.2 Å². The van der Waals surface area contributed by atoms with Gasteiger partial charge in [-0.2, -0.15) is 0 Å². The molecule has 3 heteroatoms. The first kappa shape index (κ1) is 12.3. The number of nitrogens with two attached hydrogens (primary N) is 1. The number of rotatable bonds is 3. The summed E-state index contributed by atoms with van der Waals surface area (Å²) < 4.78 is 1.19. The number of aryl methyl sites for hydroxylation is 1. The van der Waals surface area contributed by atoms with Gasteiger partial charge in [0.2, 0.25) is 0 Å². The molecule has 3 aromatic rings. The summed E-state index contributed by atoms with van der Waals surface area (Å²) in [7, 11) is 0. The zero-order valence-corrected chi connectivity index (χ0v) is 11.7. The second-order valence-electron chi connectivity index (χ2n) is 4.65. The van der Waals surface area contributed by atoms with E-state index in [1.807, 2.05) is 12.3 Å². The molecule has 0 radical (unpaired) electrons. The topological polar surface area (TPSA) is 38.9 Å². The summed E-state index contributed by atoms with van der Waals surface area (Å²) in [5, 5.41) is 2.06. The van der Waals surface area contributed by atoms with E-state index in [2.05, 4.69) is 47.6 Å². The second-order valence-corrected chi connectivity index (χ2v) is 5.60. The van der Waals surface area contributed by atoms with Crippen molar-refractivity contribution in [2.24, 2.45) is 5.73 Å². The zero-order valence-electron chi connectivity index (χ0n) is 10.8. The van der Waals surface area contributed by atoms with E-state index < -0.39 is 0 Å². The average Bonchev–Trinajstić information content (AvgIpc) is 2.94. The van der Waals surface area contributed by atoms with Crippen LogP contribution in [-0.2, 0) is 6.42 Å². The smallest absolute Gasteiger partial charge is 0.0809 e. The Hall–Kier alpha value is -1.71. The number of thiophene rings is 1. The summed E-state index contributed by atoms with van der Waals surface area (Å²) in [5.74, 6) is 0. The summed E-state index contributed by atoms with van der Waals surface area (Å²) >= 11 is 1.70. The predicted molar refractivity (Wildman–Crippen MR) is 81.5 cm³/mol. The molecule has 0 fully saturated rings. The van der Waals surface area contributed by atoms with Crippen LogP contribution in [0.3, 0.4) is 0 Å². The molecule has 1 atom stereocenters. The fourth-order valence-electron chi connectivity index (χ4n) is 2.23. The van der Waals surface area contributed by atoms with Gasteiger partial charge in [-0.3, -0.25) is 4.98 Å². The van der Waals surface area contributed by atoms with Crippen molar-refractivity contribution >= 4 is 21.6 Å². The normalized spacial score (nSPS) is 12.7. The van der Waals surface area contributed by atoms with Crippen molar-refractivity contribution in [3.05, 3.63) is 64.7 Å². The number of aromatic nitrogens is 1. The lowest BCUT2D eigenvalue weighted by Crippen LogP contribution is -2.12. The maximum absolute atomic E-state index is 6.36. The monoisotopic (exact) mass is 268 g/mol. The summed E-state index contributed by atoms with van der Waals surface area (Å²) in [6.07, 6.45) is 2.92. The van der Waals surface area contributed by atoms with Crippen LogP contribution in [0.5, 0.6) is 0 Å². The van der Waals surface area contributed by atoms with Crippen LogP contribution in [-0.4, -0.2) is 4.98 Å². The molecule has 1 aromatic carbocycles. The van der Waals surface area contributed by atoms with Gasteiger partial charge in [0.1, 0.15) is 0 Å². The van der Waals surface area contributed by atoms with E-state index in [1.165, 1.54) is 10.3 Å². The molecule has 1 unspecified atom stereocenters. The van der Waals surface area contributed by atoms with Gasteiger partial charge in [-0.15, -0.1) is 11.3 Å². The van der Waals surface area contributed by atoms with Crippen molar-refractivity contribution in [1.82, 2.24) is 4.98 Å². The summed E-state index contributed by atoms with van der Waals surface area (Å²) in [6.45, 7) is 2.16. The van der Waals surface area contributed by atoms with Crippen LogP contribution >= 0.6 is 11.3 Å². The molecular formula is C16H16N2S. The van der Waals surface area contributed by atoms with Crippen LogP contribution in [0.1, 0.15) is 29.7 Å². The molecule has 0 aliphatic carbocycles. The lowest BCUT2D eigenvalue weighted by Gasteiger charge is -2.13. The number of hydrogen-bond acceptors (Lipinski definition) is 3. The van der Waals surface area contributed by atoms with Gasteiger partial charge in [-0.1, -0.05) is 31.2 Å². The Balaban J connectivity index is 1.99. The fraction of sp³-hybridized carbons (Fsp3) is 0.188. The molecular weight excluding hydrogens is 252 g/mol. The van der Waals surface area contributed by atoms with Gasteiger partial charge in [0.05, 0.1) is 16.3 Å². The van der Waals surface area contributed by atoms with E-state index in [4.69, 9.17) is 5.73 Å². The summed E-state index contributed by atoms with van der Waals surface area (Å²) in [5.41, 5.74) is 10.9. The van der Waals surface area contributed by atoms with E-state index in [0.717, 1.165) is 23.1 Å². The van der Waals surface area contributed by atoms with E-state index in [-0.39, 0.29) is 6.04 Å². The van der Waals surface area contributed by atoms with Gasteiger partial charge in [0.25, 0.3) is 0 Å². The Morgan fingerprint density at radius 2 is 2.11 bits per heavy atom. The second kappa shape index (κ2) is 5.11. The molecule has 0 bridgehead atoms. The number of hydrogen-bond donors (Lipinski definition) is 1. The third-order valence-corrected chi connectivity index (χ3v) is 4.25. The highest BCUT2D eigenvalue weighted by molar-refractivity contribution is 7.17. The van der Waals surface area contributed by atoms with Gasteiger partial charge in [0, 0.05) is 6.20 Å². The molecule has 0 aliphatic rings. The number of fused-ring (bicyclic) bond motifs is 1. The van der Waals surface area contributed by atoms with Gasteiger partial charge < -0.3 is 5.73 Å². The highest BCUT2D eigenvalue weighted by Crippen LogP contribution is 2.25. The predicted octanol–water partition coefficient (Wildman–Crippen LogP) is 3.91. The molecule has 0 amide bonds. The zero-order chi connectivity index (χ0) is 13.2. The third-order valence-electron chi connectivity index (χ3n) is 3.40. The van der Waals surface area contributed by atoms with E-state index >= 15 is 0 Å². The largest absolute Gasteiger partial charge is 0.320 e. The highest BCUT2D eigenvalue weighted by atomic mass is 32.1. The number of benzene rings is 1. The highest BCUT2D eigenvalue weighted by Gasteiger charge is 2.10. The fourth-order valence-corrected chi connectivity index (χ4v) is 3.02. The quantitative estimate of drug-likeness (QED) is 0.782. The van der Waals surface area contributed by atoms with Crippen LogP contribution < -0.4 is 5.73 Å². The molecule has 2 aromatic heterocycles. The molecule has 2 nitrogen and oxygen atoms in total. The SMILES string of the molecule is CCc1cccc(C(N)c2cnc3ccsc3c2)c1. The van der Waals surface area contributed by atoms with Gasteiger partial charge in [0.15, 0.2) is 0 Å². The molecule has 0 spiro atoms. The molecule has 3 rings (SSSR count). The molecule has 0 aliphatic heterocycles. The molecule has 0 saturated heterocycles. The minimum atomic E-state index is -0.106. The molecule has 0 saturated carbocycles. The standard InChI is InChI=1S/C16H16N2S/c1-2-11-4-3-5-12(8-11)16(17)13-9-15-14(18-10-13)6-7-19-15/h3-10,16H,2,17H2,1H3. The van der Waals surface area contributed by atoms with Crippen molar-refractivity contribution in [3.63, 3.8) is 0 Å². The lowest BCUT2D eigenvalue weighted by molar-refractivity contribution is 0.863. The summed E-state index contributed by atoms with van der Waals surface area (Å²) in [4.78, 5) is 4.46. The molecule has 2 N–H and O–H groups in total. The van der Waals surface area contributed by atoms with Crippen LogP contribution in [0.4, 0.5) is 0 Å². The van der Waals surface area contributed by atoms with Gasteiger partial charge >= 0.3 is 0 Å². The van der Waals surface area contributed by atoms with E-state index in [1.54, 1.807) is 11.3 Å². The van der Waals surface area contributed by atoms with Crippen LogP contribution in [0, 0.1) is 0 Å². The van der Waals surface area contributed by atoms with Crippen molar-refractivity contribution in [3.8, 4) is 0 Å². The Kier molecular flexibility index (Phi) is 3.32. The van der Waals surface area contributed by atoms with E-state index in [9.17, 15) is 0 Å². The maximum atomic E-state index is 6.36. The first-order valence-electron chi connectivity index (χ1n) is 6.45. The number of pyridine rings is 1. The molecule has 2 heterocycles. The molecule has 19 heavy (non-hydrogen) atoms. The van der Waals surface area contributed by atoms with Crippen molar-refractivity contribution < 1.29 is 0 Å². The summed E-state index contributed by atoms with van der Waals surface area (Å²) in [6, 6.07) is 12.6. The van der Waals surface area contributed by atoms with Crippen molar-refractivity contribution in [1.29, 1.82) is 0 Å². The lowest BCUT2D eigenvalue weighted by atomic mass is 9.98. The number of nitrogens with zero attached hydrogens (tertiary/aromatic N) is 1. The first-order chi connectivity index (χ1) is 9.28. The minimum absolute atomic E-state index is 0.106. The van der Waals surface area contributed by atoms with Gasteiger partial charge in [-0.25, -0.2) is 0 Å². The average molecular weight is 268 g/mol. The Labute approximate surface area is 116 Å². The molecule has 96 valence electrons. The van der Waals surface area contributed by atoms with Crippen LogP contribution in [0.15, 0.2) is 48.0 Å². The Morgan fingerprint density at radius 3 is 2.95 bits per heavy atom. The Bertz CT molecular complexity index is 703. The first-order valence-corrected chi connectivity index (χ1v) is 7.33. The van der Waals surface area contributed by atoms with Crippen molar-refractivity contribution in [2.45, 2.75) is 19.4 Å². The van der Waals surface area contributed by atoms with E-state index in [0.29, 0.717) is 0 Å². The minimum Gasteiger partial charge on any atom is -0.320 e.